The molecular formula is C20H31N3O2. The van der Waals surface area contributed by atoms with Gasteiger partial charge in [-0.05, 0) is 38.8 Å². The lowest BCUT2D eigenvalue weighted by molar-refractivity contribution is -0.124. The second kappa shape index (κ2) is 7.85. The van der Waals surface area contributed by atoms with Gasteiger partial charge in [-0.15, -0.1) is 0 Å². The van der Waals surface area contributed by atoms with Crippen molar-refractivity contribution in [1.82, 2.24) is 9.80 Å². The fraction of sp³-hybridized carbons (Fsp3) is 0.650. The highest BCUT2D eigenvalue weighted by Crippen LogP contribution is 2.32. The summed E-state index contributed by atoms with van der Waals surface area (Å²) < 4.78 is 5.20. The zero-order chi connectivity index (χ0) is 18.0. The Morgan fingerprint density at radius 1 is 1.24 bits per heavy atom. The molecule has 1 fully saturated rings. The van der Waals surface area contributed by atoms with Crippen molar-refractivity contribution < 1.29 is 9.53 Å². The van der Waals surface area contributed by atoms with E-state index in [-0.39, 0.29) is 18.0 Å². The predicted octanol–water partition coefficient (Wildman–Crippen LogP) is 2.01. The van der Waals surface area contributed by atoms with E-state index in [1.807, 2.05) is 11.0 Å². The van der Waals surface area contributed by atoms with Crippen molar-refractivity contribution >= 4 is 11.6 Å². The first-order valence-electron chi connectivity index (χ1n) is 9.41. The molecule has 0 radical (unpaired) electrons. The molecule has 138 valence electrons. The summed E-state index contributed by atoms with van der Waals surface area (Å²) in [5.41, 5.74) is 2.38. The van der Waals surface area contributed by atoms with Gasteiger partial charge in [-0.1, -0.05) is 18.2 Å². The number of ether oxygens (including phenoxy) is 1. The normalized spacial score (nSPS) is 25.8. The van der Waals surface area contributed by atoms with Gasteiger partial charge < -0.3 is 9.64 Å². The number of amides is 1. The van der Waals surface area contributed by atoms with E-state index < -0.39 is 0 Å². The number of para-hydroxylation sites is 1. The summed E-state index contributed by atoms with van der Waals surface area (Å²) in [5.74, 6) is 0.231. The van der Waals surface area contributed by atoms with Gasteiger partial charge in [0.25, 0.3) is 0 Å². The Morgan fingerprint density at radius 3 is 2.72 bits per heavy atom. The average molecular weight is 345 g/mol. The van der Waals surface area contributed by atoms with E-state index in [4.69, 9.17) is 4.74 Å². The van der Waals surface area contributed by atoms with Gasteiger partial charge in [0, 0.05) is 51.1 Å². The molecule has 5 nitrogen and oxygen atoms in total. The highest BCUT2D eigenvalue weighted by Gasteiger charge is 2.36. The van der Waals surface area contributed by atoms with Gasteiger partial charge in [0.1, 0.15) is 0 Å². The molecule has 5 heteroatoms. The molecule has 0 aromatic heterocycles. The Labute approximate surface area is 151 Å². The number of carbonyl (C=O) groups is 1. The van der Waals surface area contributed by atoms with Gasteiger partial charge >= 0.3 is 0 Å². The van der Waals surface area contributed by atoms with Crippen molar-refractivity contribution in [2.24, 2.45) is 0 Å². The summed E-state index contributed by atoms with van der Waals surface area (Å²) in [5, 5.41) is 0. The van der Waals surface area contributed by atoms with Crippen molar-refractivity contribution in [3.05, 3.63) is 29.8 Å². The van der Waals surface area contributed by atoms with Crippen molar-refractivity contribution in [3.8, 4) is 0 Å². The lowest BCUT2D eigenvalue weighted by atomic mass is 10.1. The third kappa shape index (κ3) is 3.73. The standard InChI is InChI=1S/C20H31N3O2/c1-15-13-18-7-5-6-8-19(18)23(15)20(24)17(3)22-10-9-21(11-12-25-4)16(2)14-22/h5-8,15-17H,9-14H2,1-4H3. The smallest absolute Gasteiger partial charge is 0.244 e. The van der Waals surface area contributed by atoms with Crippen LogP contribution >= 0.6 is 0 Å². The number of nitrogens with zero attached hydrogens (tertiary/aromatic N) is 3. The second-order valence-corrected chi connectivity index (χ2v) is 7.44. The van der Waals surface area contributed by atoms with Gasteiger partial charge in [0.15, 0.2) is 0 Å². The molecule has 1 aromatic carbocycles. The molecule has 1 amide bonds. The van der Waals surface area contributed by atoms with Crippen LogP contribution in [0.25, 0.3) is 0 Å². The van der Waals surface area contributed by atoms with E-state index >= 15 is 0 Å². The number of benzene rings is 1. The molecule has 25 heavy (non-hydrogen) atoms. The van der Waals surface area contributed by atoms with E-state index in [2.05, 4.69) is 48.8 Å². The van der Waals surface area contributed by atoms with Crippen LogP contribution in [0.15, 0.2) is 24.3 Å². The quantitative estimate of drug-likeness (QED) is 0.818. The molecule has 0 spiro atoms. The van der Waals surface area contributed by atoms with Crippen LogP contribution in [-0.4, -0.2) is 73.7 Å². The zero-order valence-electron chi connectivity index (χ0n) is 15.9. The minimum atomic E-state index is -0.0827. The molecule has 2 aliphatic heterocycles. The fourth-order valence-corrected chi connectivity index (χ4v) is 4.17. The first-order valence-corrected chi connectivity index (χ1v) is 9.41. The third-order valence-electron chi connectivity index (χ3n) is 5.73. The highest BCUT2D eigenvalue weighted by molar-refractivity contribution is 5.99. The third-order valence-corrected chi connectivity index (χ3v) is 5.73. The molecule has 0 aliphatic carbocycles. The number of carbonyl (C=O) groups excluding carboxylic acids is 1. The van der Waals surface area contributed by atoms with Crippen LogP contribution in [0.5, 0.6) is 0 Å². The lowest BCUT2D eigenvalue weighted by Crippen LogP contribution is -2.58. The fourth-order valence-electron chi connectivity index (χ4n) is 4.17. The van der Waals surface area contributed by atoms with E-state index in [1.54, 1.807) is 7.11 Å². The van der Waals surface area contributed by atoms with Gasteiger partial charge in [0.05, 0.1) is 12.6 Å². The SMILES string of the molecule is COCCN1CCN(C(C)C(=O)N2c3ccccc3CC2C)CC1C. The monoisotopic (exact) mass is 345 g/mol. The van der Waals surface area contributed by atoms with Crippen LogP contribution in [0.1, 0.15) is 26.3 Å². The van der Waals surface area contributed by atoms with Gasteiger partial charge in [-0.2, -0.15) is 0 Å². The van der Waals surface area contributed by atoms with E-state index in [9.17, 15) is 4.79 Å². The summed E-state index contributed by atoms with van der Waals surface area (Å²) in [4.78, 5) is 20.0. The van der Waals surface area contributed by atoms with Crippen LogP contribution in [0.4, 0.5) is 5.69 Å². The summed E-state index contributed by atoms with van der Waals surface area (Å²) >= 11 is 0. The number of methoxy groups -OCH3 is 1. The Kier molecular flexibility index (Phi) is 5.77. The molecule has 2 aliphatic rings. The number of piperazine rings is 1. The maximum absolute atomic E-state index is 13.2. The molecule has 3 atom stereocenters. The van der Waals surface area contributed by atoms with Crippen LogP contribution in [0, 0.1) is 0 Å². The van der Waals surface area contributed by atoms with Gasteiger partial charge in [0.2, 0.25) is 5.91 Å². The molecule has 1 aromatic rings. The maximum atomic E-state index is 13.2. The second-order valence-electron chi connectivity index (χ2n) is 7.44. The van der Waals surface area contributed by atoms with Crippen LogP contribution in [0.3, 0.4) is 0 Å². The summed E-state index contributed by atoms with van der Waals surface area (Å²) in [6, 6.07) is 8.91. The first-order chi connectivity index (χ1) is 12.0. The number of hydrogen-bond donors (Lipinski definition) is 0. The molecule has 0 bridgehead atoms. The molecule has 0 N–H and O–H groups in total. The van der Waals surface area contributed by atoms with Crippen molar-refractivity contribution in [1.29, 1.82) is 0 Å². The van der Waals surface area contributed by atoms with Crippen LogP contribution in [-0.2, 0) is 16.0 Å². The Morgan fingerprint density at radius 2 is 2.00 bits per heavy atom. The predicted molar refractivity (Wildman–Crippen MR) is 101 cm³/mol. The molecule has 0 saturated carbocycles. The largest absolute Gasteiger partial charge is 0.383 e. The topological polar surface area (TPSA) is 36.0 Å². The average Bonchev–Trinajstić information content (AvgIpc) is 2.95. The zero-order valence-corrected chi connectivity index (χ0v) is 15.9. The first kappa shape index (κ1) is 18.4. The summed E-state index contributed by atoms with van der Waals surface area (Å²) in [6.45, 7) is 11.0. The van der Waals surface area contributed by atoms with Gasteiger partial charge in [-0.25, -0.2) is 0 Å². The van der Waals surface area contributed by atoms with Crippen LogP contribution < -0.4 is 4.90 Å². The molecule has 3 unspecified atom stereocenters. The van der Waals surface area contributed by atoms with E-state index in [1.165, 1.54) is 5.56 Å². The van der Waals surface area contributed by atoms with E-state index in [0.717, 1.165) is 44.9 Å². The van der Waals surface area contributed by atoms with Crippen molar-refractivity contribution in [2.45, 2.75) is 45.3 Å². The Bertz CT molecular complexity index is 606. The van der Waals surface area contributed by atoms with Crippen molar-refractivity contribution in [3.63, 3.8) is 0 Å². The Hall–Kier alpha value is -1.43. The molecular weight excluding hydrogens is 314 g/mol. The van der Waals surface area contributed by atoms with Crippen molar-refractivity contribution in [2.75, 3.05) is 44.8 Å². The Balaban J connectivity index is 1.65. The molecule has 3 rings (SSSR count). The van der Waals surface area contributed by atoms with Gasteiger partial charge in [-0.3, -0.25) is 14.6 Å². The lowest BCUT2D eigenvalue weighted by Gasteiger charge is -2.42. The minimum Gasteiger partial charge on any atom is -0.383 e. The number of rotatable bonds is 5. The van der Waals surface area contributed by atoms with E-state index in [0.29, 0.717) is 6.04 Å². The highest BCUT2D eigenvalue weighted by atomic mass is 16.5. The molecule has 2 heterocycles. The number of fused-ring (bicyclic) bond motifs is 1. The summed E-state index contributed by atoms with van der Waals surface area (Å²) in [7, 11) is 1.75. The summed E-state index contributed by atoms with van der Waals surface area (Å²) in [6.07, 6.45) is 0.954. The number of anilines is 1. The maximum Gasteiger partial charge on any atom is 0.244 e. The van der Waals surface area contributed by atoms with Crippen LogP contribution in [0.2, 0.25) is 0 Å². The number of hydrogen-bond acceptors (Lipinski definition) is 4. The minimum absolute atomic E-state index is 0.0827. The molecule has 1 saturated heterocycles.